The van der Waals surface area contributed by atoms with Gasteiger partial charge in [0, 0.05) is 10.9 Å². The van der Waals surface area contributed by atoms with Crippen LogP contribution in [0, 0.1) is 3.95 Å². The predicted octanol–water partition coefficient (Wildman–Crippen LogP) is 5.92. The van der Waals surface area contributed by atoms with Crippen molar-refractivity contribution in [1.82, 2.24) is 19.7 Å². The van der Waals surface area contributed by atoms with Crippen LogP contribution in [0.1, 0.15) is 5.82 Å². The number of nitrogens with zero attached hydrogens (tertiary/aromatic N) is 3. The zero-order valence-corrected chi connectivity index (χ0v) is 18.7. The molecule has 0 aliphatic carbocycles. The van der Waals surface area contributed by atoms with Crippen LogP contribution in [-0.2, 0) is 5.75 Å². The van der Waals surface area contributed by atoms with Crippen LogP contribution in [0.4, 0.5) is 0 Å². The van der Waals surface area contributed by atoms with E-state index in [1.54, 1.807) is 4.68 Å². The summed E-state index contributed by atoms with van der Waals surface area (Å²) < 4.78 is 3.28. The average Bonchev–Trinajstić information content (AvgIpc) is 3.37. The zero-order valence-electron chi connectivity index (χ0n) is 15.4. The highest BCUT2D eigenvalue weighted by Crippen LogP contribution is 2.31. The molecule has 5 rings (SSSR count). The van der Waals surface area contributed by atoms with Gasteiger partial charge in [-0.05, 0) is 29.9 Å². The topological polar surface area (TPSA) is 63.6 Å². The Balaban J connectivity index is 1.41. The molecule has 9 heteroatoms. The molecule has 0 bridgehead atoms. The summed E-state index contributed by atoms with van der Waals surface area (Å²) in [5.41, 5.74) is 2.76. The predicted molar refractivity (Wildman–Crippen MR) is 128 cm³/mol. The molecular weight excluding hydrogens is 453 g/mol. The number of hydrogen-bond donors (Lipinski definition) is 1. The highest BCUT2D eigenvalue weighted by atomic mass is 32.2. The Labute approximate surface area is 189 Å². The normalized spacial score (nSPS) is 11.2. The fourth-order valence-electron chi connectivity index (χ4n) is 3.07. The monoisotopic (exact) mass is 466 g/mol. The number of hydrogen-bond acceptors (Lipinski definition) is 7. The number of nitrogens with one attached hydrogen (secondary N) is 1. The van der Waals surface area contributed by atoms with E-state index < -0.39 is 0 Å². The Morgan fingerprint density at radius 1 is 1.07 bits per heavy atom. The van der Waals surface area contributed by atoms with E-state index >= 15 is 0 Å². The first-order valence-electron chi connectivity index (χ1n) is 9.03. The fraction of sp³-hybridized carbons (Fsp3) is 0.0476. The van der Waals surface area contributed by atoms with Crippen LogP contribution in [0.3, 0.4) is 0 Å². The molecule has 0 atom stereocenters. The van der Waals surface area contributed by atoms with Crippen molar-refractivity contribution in [1.29, 1.82) is 0 Å². The van der Waals surface area contributed by atoms with Crippen molar-refractivity contribution in [3.05, 3.63) is 86.2 Å². The van der Waals surface area contributed by atoms with Crippen molar-refractivity contribution < 1.29 is 0 Å². The van der Waals surface area contributed by atoms with E-state index in [-0.39, 0.29) is 5.56 Å². The Kier molecular flexibility index (Phi) is 5.34. The second kappa shape index (κ2) is 8.27. The van der Waals surface area contributed by atoms with E-state index in [9.17, 15) is 4.79 Å². The lowest BCUT2D eigenvalue weighted by Crippen LogP contribution is -2.10. The van der Waals surface area contributed by atoms with Crippen LogP contribution in [0.2, 0.25) is 0 Å². The van der Waals surface area contributed by atoms with Crippen molar-refractivity contribution in [3.63, 3.8) is 0 Å². The molecule has 0 unspecified atom stereocenters. The number of para-hydroxylation sites is 1. The van der Waals surface area contributed by atoms with Gasteiger partial charge in [0.15, 0.2) is 8.29 Å². The smallest absolute Gasteiger partial charge is 0.260 e. The Hall–Kier alpha value is -2.59. The summed E-state index contributed by atoms with van der Waals surface area (Å²) in [6.07, 6.45) is 0. The Morgan fingerprint density at radius 3 is 2.57 bits per heavy atom. The second-order valence-electron chi connectivity index (χ2n) is 6.38. The molecule has 3 aromatic heterocycles. The molecule has 3 heterocycles. The standard InChI is InChI=1S/C21H14N4OS4/c26-18-17-15(13-7-3-1-4-8-13)11-28-19(17)23-16(22-18)12-29-20-24-25(21(27)30-20)14-9-5-2-6-10-14/h1-11H,12H2,(H,22,23,26). The van der Waals surface area contributed by atoms with Gasteiger partial charge in [0.05, 0.1) is 16.8 Å². The van der Waals surface area contributed by atoms with Crippen molar-refractivity contribution in [3.8, 4) is 16.8 Å². The average molecular weight is 467 g/mol. The third-order valence-corrected chi connectivity index (χ3v) is 7.69. The van der Waals surface area contributed by atoms with Gasteiger partial charge in [-0.15, -0.1) is 16.4 Å². The third kappa shape index (κ3) is 3.77. The van der Waals surface area contributed by atoms with Crippen molar-refractivity contribution in [2.75, 3.05) is 0 Å². The summed E-state index contributed by atoms with van der Waals surface area (Å²) >= 11 is 9.91. The van der Waals surface area contributed by atoms with Crippen LogP contribution >= 0.6 is 46.7 Å². The number of benzene rings is 2. The Bertz CT molecular complexity index is 1430. The molecule has 0 saturated carbocycles. The molecule has 0 aliphatic heterocycles. The van der Waals surface area contributed by atoms with Gasteiger partial charge in [0.2, 0.25) is 0 Å². The second-order valence-corrected chi connectivity index (χ2v) is 10.1. The summed E-state index contributed by atoms with van der Waals surface area (Å²) in [4.78, 5) is 21.1. The van der Waals surface area contributed by atoms with Gasteiger partial charge in [0.25, 0.3) is 5.56 Å². The molecule has 30 heavy (non-hydrogen) atoms. The highest BCUT2D eigenvalue weighted by molar-refractivity contribution is 8.00. The SMILES string of the molecule is O=c1[nH]c(CSc2nn(-c3ccccc3)c(=S)s2)nc2scc(-c3ccccc3)c12. The molecule has 5 aromatic rings. The van der Waals surface area contributed by atoms with E-state index in [0.29, 0.717) is 20.9 Å². The quantitative estimate of drug-likeness (QED) is 0.257. The van der Waals surface area contributed by atoms with Crippen LogP contribution in [0.15, 0.2) is 75.2 Å². The van der Waals surface area contributed by atoms with Gasteiger partial charge in [0.1, 0.15) is 10.7 Å². The summed E-state index contributed by atoms with van der Waals surface area (Å²) in [6, 6.07) is 19.7. The molecule has 5 nitrogen and oxygen atoms in total. The minimum atomic E-state index is -0.113. The first-order valence-corrected chi connectivity index (χ1v) is 12.1. The lowest BCUT2D eigenvalue weighted by Gasteiger charge is -2.01. The van der Waals surface area contributed by atoms with Crippen molar-refractivity contribution in [2.45, 2.75) is 10.1 Å². The summed E-state index contributed by atoms with van der Waals surface area (Å²) in [5, 5.41) is 7.24. The minimum Gasteiger partial charge on any atom is -0.309 e. The molecule has 0 fully saturated rings. The third-order valence-electron chi connectivity index (χ3n) is 4.44. The number of aromatic amines is 1. The zero-order chi connectivity index (χ0) is 20.5. The van der Waals surface area contributed by atoms with Crippen LogP contribution in [0.25, 0.3) is 27.0 Å². The van der Waals surface area contributed by atoms with E-state index in [4.69, 9.17) is 12.2 Å². The van der Waals surface area contributed by atoms with E-state index in [1.807, 2.05) is 66.0 Å². The molecule has 0 amide bonds. The first-order chi connectivity index (χ1) is 14.7. The fourth-order valence-corrected chi connectivity index (χ4v) is 6.27. The van der Waals surface area contributed by atoms with Crippen LogP contribution in [-0.4, -0.2) is 19.7 Å². The number of fused-ring (bicyclic) bond motifs is 1. The summed E-state index contributed by atoms with van der Waals surface area (Å²) in [5.74, 6) is 1.15. The molecule has 148 valence electrons. The molecule has 0 aliphatic rings. The maximum absolute atomic E-state index is 12.8. The van der Waals surface area contributed by atoms with E-state index in [1.165, 1.54) is 34.4 Å². The highest BCUT2D eigenvalue weighted by Gasteiger charge is 2.14. The summed E-state index contributed by atoms with van der Waals surface area (Å²) in [7, 11) is 0. The van der Waals surface area contributed by atoms with E-state index in [0.717, 1.165) is 26.0 Å². The lowest BCUT2D eigenvalue weighted by molar-refractivity contribution is 0.829. The van der Waals surface area contributed by atoms with Gasteiger partial charge in [-0.3, -0.25) is 4.79 Å². The van der Waals surface area contributed by atoms with Gasteiger partial charge in [-0.2, -0.15) is 0 Å². The van der Waals surface area contributed by atoms with E-state index in [2.05, 4.69) is 15.1 Å². The maximum atomic E-state index is 12.8. The van der Waals surface area contributed by atoms with Crippen LogP contribution < -0.4 is 5.56 Å². The number of H-pyrrole nitrogens is 1. The molecule has 2 aromatic carbocycles. The first kappa shape index (κ1) is 19.4. The van der Waals surface area contributed by atoms with Gasteiger partial charge in [-0.1, -0.05) is 71.6 Å². The number of rotatable bonds is 5. The summed E-state index contributed by atoms with van der Waals surface area (Å²) in [6.45, 7) is 0. The van der Waals surface area contributed by atoms with Gasteiger partial charge in [-0.25, -0.2) is 9.67 Å². The molecule has 1 N–H and O–H groups in total. The molecular formula is C21H14N4OS4. The number of aromatic nitrogens is 4. The van der Waals surface area contributed by atoms with Crippen molar-refractivity contribution in [2.24, 2.45) is 0 Å². The minimum absolute atomic E-state index is 0.113. The van der Waals surface area contributed by atoms with Crippen LogP contribution in [0.5, 0.6) is 0 Å². The molecule has 0 radical (unpaired) electrons. The van der Waals surface area contributed by atoms with Crippen molar-refractivity contribution >= 4 is 56.9 Å². The number of thiophene rings is 1. The molecule has 0 saturated heterocycles. The number of thioether (sulfide) groups is 1. The Morgan fingerprint density at radius 2 is 1.80 bits per heavy atom. The maximum Gasteiger partial charge on any atom is 0.260 e. The van der Waals surface area contributed by atoms with Gasteiger partial charge >= 0.3 is 0 Å². The lowest BCUT2D eigenvalue weighted by atomic mass is 10.1. The largest absolute Gasteiger partial charge is 0.309 e. The van der Waals surface area contributed by atoms with Gasteiger partial charge < -0.3 is 4.98 Å². The molecule has 0 spiro atoms.